The van der Waals surface area contributed by atoms with Crippen LogP contribution in [-0.2, 0) is 0 Å². The van der Waals surface area contributed by atoms with E-state index in [0.717, 1.165) is 0 Å². The molecule has 0 saturated heterocycles. The predicted molar refractivity (Wildman–Crippen MR) is 61.0 cm³/mol. The van der Waals surface area contributed by atoms with Gasteiger partial charge in [-0.3, -0.25) is 0 Å². The van der Waals surface area contributed by atoms with Gasteiger partial charge < -0.3 is 0 Å². The average molecular weight is 188 g/mol. The highest BCUT2D eigenvalue weighted by atomic mass is 29.2. The molecule has 0 aromatic carbocycles. The van der Waals surface area contributed by atoms with Gasteiger partial charge in [-0.25, -0.2) is 0 Å². The van der Waals surface area contributed by atoms with Crippen LogP contribution in [-0.4, -0.2) is 17.4 Å². The number of hydrogen-bond acceptors (Lipinski definition) is 0. The summed E-state index contributed by atoms with van der Waals surface area (Å²) in [7, 11) is 0.330. The first-order valence-corrected chi connectivity index (χ1v) is 11.2. The van der Waals surface area contributed by atoms with Gasteiger partial charge in [0.25, 0.3) is 0 Å². The van der Waals surface area contributed by atoms with Crippen molar-refractivity contribution in [1.29, 1.82) is 0 Å². The van der Waals surface area contributed by atoms with Gasteiger partial charge in [-0.1, -0.05) is 58.2 Å². The second-order valence-electron chi connectivity index (χ2n) is 3.59. The maximum Gasteiger partial charge on any atom is 0.0241 e. The zero-order valence-corrected chi connectivity index (χ0v) is 11.1. The Kier molecular flexibility index (Phi) is 8.87. The molecule has 0 aromatic rings. The van der Waals surface area contributed by atoms with E-state index in [4.69, 9.17) is 0 Å². The van der Waals surface area contributed by atoms with Crippen LogP contribution in [0.4, 0.5) is 0 Å². The third-order valence-electron chi connectivity index (χ3n) is 2.36. The topological polar surface area (TPSA) is 0 Å². The van der Waals surface area contributed by atoms with E-state index in [9.17, 15) is 0 Å². The first kappa shape index (κ1) is 11.4. The Bertz CT molecular complexity index is 68.0. The first-order valence-electron chi connectivity index (χ1n) is 5.35. The lowest BCUT2D eigenvalue weighted by Crippen LogP contribution is -2.20. The van der Waals surface area contributed by atoms with Gasteiger partial charge in [0.15, 0.2) is 0 Å². The van der Waals surface area contributed by atoms with Crippen molar-refractivity contribution in [2.45, 2.75) is 58.2 Å². The highest BCUT2D eigenvalue weighted by Gasteiger charge is 2.07. The van der Waals surface area contributed by atoms with Crippen molar-refractivity contribution in [2.75, 3.05) is 0 Å². The summed E-state index contributed by atoms with van der Waals surface area (Å²) in [6.07, 6.45) is 4.39. The summed E-state index contributed by atoms with van der Waals surface area (Å²) in [4.78, 5) is 0. The molecule has 11 heavy (non-hydrogen) atoms. The lowest BCUT2D eigenvalue weighted by Gasteiger charge is -2.11. The minimum absolute atomic E-state index is 0.113. The molecule has 0 spiro atoms. The van der Waals surface area contributed by atoms with E-state index >= 15 is 0 Å². The van der Waals surface area contributed by atoms with Crippen LogP contribution in [0.5, 0.6) is 0 Å². The highest BCUT2D eigenvalue weighted by Crippen LogP contribution is 2.06. The predicted octanol–water partition coefficient (Wildman–Crippen LogP) is 2.53. The van der Waals surface area contributed by atoms with Crippen LogP contribution < -0.4 is 0 Å². The van der Waals surface area contributed by atoms with Crippen LogP contribution in [0.3, 0.4) is 0 Å². The lowest BCUT2D eigenvalue weighted by molar-refractivity contribution is 1.01. The summed E-state index contributed by atoms with van der Waals surface area (Å²) in [5, 5.41) is 0. The van der Waals surface area contributed by atoms with Crippen molar-refractivity contribution < 1.29 is 0 Å². The summed E-state index contributed by atoms with van der Waals surface area (Å²) in [5.74, 6) is 0. The highest BCUT2D eigenvalue weighted by molar-refractivity contribution is 7.12. The summed E-state index contributed by atoms with van der Waals surface area (Å²) in [5.41, 5.74) is 0. The Morgan fingerprint density at radius 2 is 1.45 bits per heavy atom. The maximum absolute atomic E-state index is 2.36. The van der Waals surface area contributed by atoms with Crippen molar-refractivity contribution in [3.8, 4) is 0 Å². The summed E-state index contributed by atoms with van der Waals surface area (Å²) in [6.45, 7) is 7.06. The van der Waals surface area contributed by atoms with E-state index in [0.29, 0.717) is 9.04 Å². The van der Waals surface area contributed by atoms with Gasteiger partial charge in [-0.05, 0) is 0 Å². The van der Waals surface area contributed by atoms with Crippen LogP contribution in [0, 0.1) is 0 Å². The Hall–Kier alpha value is 0.434. The van der Waals surface area contributed by atoms with E-state index in [1.54, 1.807) is 18.1 Å². The second-order valence-corrected chi connectivity index (χ2v) is 13.0. The van der Waals surface area contributed by atoms with Crippen molar-refractivity contribution >= 4 is 17.4 Å². The molecule has 0 aliphatic carbocycles. The molecule has 0 bridgehead atoms. The smallest absolute Gasteiger partial charge is 0.0241 e. The molecule has 0 aliphatic heterocycles. The fourth-order valence-corrected chi connectivity index (χ4v) is 12.4. The van der Waals surface area contributed by atoms with Crippen LogP contribution >= 0.6 is 0 Å². The molecule has 0 fully saturated rings. The van der Waals surface area contributed by atoms with E-state index in [-0.39, 0.29) is 8.31 Å². The molecular weight excluding hydrogens is 164 g/mol. The van der Waals surface area contributed by atoms with Gasteiger partial charge in [0.05, 0.1) is 0 Å². The fraction of sp³-hybridized carbons (Fsp3) is 1.00. The van der Waals surface area contributed by atoms with Crippen molar-refractivity contribution in [2.24, 2.45) is 0 Å². The molecular formula is C9H24Si2. The minimum Gasteiger partial charge on any atom is -0.0657 e. The van der Waals surface area contributed by atoms with Gasteiger partial charge in [0, 0.05) is 17.4 Å². The third kappa shape index (κ3) is 6.82. The zero-order valence-electron chi connectivity index (χ0n) is 8.53. The fourth-order valence-electron chi connectivity index (χ4n) is 1.74. The van der Waals surface area contributed by atoms with E-state index in [1.165, 1.54) is 19.3 Å². The monoisotopic (exact) mass is 188 g/mol. The van der Waals surface area contributed by atoms with Crippen molar-refractivity contribution in [3.05, 3.63) is 0 Å². The lowest BCUT2D eigenvalue weighted by atomic mass is 10.6. The van der Waals surface area contributed by atoms with Gasteiger partial charge in [0.1, 0.15) is 0 Å². The third-order valence-corrected chi connectivity index (χ3v) is 13.2. The first-order chi connectivity index (χ1) is 5.35. The second kappa shape index (κ2) is 8.53. The maximum atomic E-state index is 2.36. The van der Waals surface area contributed by atoms with Gasteiger partial charge in [-0.2, -0.15) is 0 Å². The summed E-state index contributed by atoms with van der Waals surface area (Å²) >= 11 is 0. The Morgan fingerprint density at radius 3 is 1.82 bits per heavy atom. The number of rotatable bonds is 7. The molecule has 0 N–H and O–H groups in total. The molecule has 0 heterocycles. The minimum atomic E-state index is -0.113. The molecule has 0 nitrogen and oxygen atoms in total. The van der Waals surface area contributed by atoms with Crippen molar-refractivity contribution in [1.82, 2.24) is 0 Å². The molecule has 2 heteroatoms. The van der Waals surface area contributed by atoms with Gasteiger partial charge in [0.2, 0.25) is 0 Å². The quantitative estimate of drug-likeness (QED) is 0.539. The number of hydrogen-bond donors (Lipinski definition) is 0. The molecule has 68 valence electrons. The van der Waals surface area contributed by atoms with Gasteiger partial charge >= 0.3 is 0 Å². The Balaban J connectivity index is 3.34. The van der Waals surface area contributed by atoms with Crippen LogP contribution in [0.15, 0.2) is 0 Å². The van der Waals surface area contributed by atoms with E-state index in [1.807, 2.05) is 0 Å². The SMILES string of the molecule is CCC[SiH2][SiH](CCC)CCC. The van der Waals surface area contributed by atoms with Crippen LogP contribution in [0.1, 0.15) is 40.0 Å². The molecule has 0 amide bonds. The molecule has 0 atom stereocenters. The average Bonchev–Trinajstić information content (AvgIpc) is 2.01. The van der Waals surface area contributed by atoms with Gasteiger partial charge in [-0.15, -0.1) is 0 Å². The molecule has 0 aliphatic rings. The van der Waals surface area contributed by atoms with E-state index in [2.05, 4.69) is 20.8 Å². The molecule has 0 aromatic heterocycles. The van der Waals surface area contributed by atoms with E-state index < -0.39 is 0 Å². The Morgan fingerprint density at radius 1 is 0.909 bits per heavy atom. The molecule has 0 unspecified atom stereocenters. The largest absolute Gasteiger partial charge is 0.0657 e. The zero-order chi connectivity index (χ0) is 8.53. The summed E-state index contributed by atoms with van der Waals surface area (Å²) in [6, 6.07) is 4.94. The molecule has 0 radical (unpaired) electrons. The van der Waals surface area contributed by atoms with Crippen LogP contribution in [0.25, 0.3) is 0 Å². The van der Waals surface area contributed by atoms with Crippen molar-refractivity contribution in [3.63, 3.8) is 0 Å². The normalized spacial score (nSPS) is 12.0. The van der Waals surface area contributed by atoms with Crippen LogP contribution in [0.2, 0.25) is 18.1 Å². The molecule has 0 rings (SSSR count). The Labute approximate surface area is 76.0 Å². The molecule has 0 saturated carbocycles. The standard InChI is InChI=1S/C9H24Si2/c1-4-7-10-11(8-5-2)9-6-3/h11H,4-10H2,1-3H3. The summed E-state index contributed by atoms with van der Waals surface area (Å²) < 4.78 is 0.